The van der Waals surface area contributed by atoms with Crippen LogP contribution in [0, 0.1) is 5.92 Å². The first-order chi connectivity index (χ1) is 8.33. The minimum Gasteiger partial charge on any atom is -0.373 e. The van der Waals surface area contributed by atoms with Gasteiger partial charge in [-0.1, -0.05) is 6.92 Å². The Hall–Kier alpha value is -1.00. The average Bonchev–Trinajstić information content (AvgIpc) is 2.38. The molecule has 0 amide bonds. The molecule has 0 saturated heterocycles. The van der Waals surface area contributed by atoms with Gasteiger partial charge in [-0.05, 0) is 43.7 Å². The van der Waals surface area contributed by atoms with Crippen LogP contribution < -0.4 is 5.73 Å². The molecule has 1 unspecified atom stereocenters. The molecular weight excluding hydrogens is 214 g/mol. The molecule has 2 rings (SSSR count). The minimum atomic E-state index is 0.529. The van der Waals surface area contributed by atoms with Crippen LogP contribution in [0.2, 0.25) is 0 Å². The Kier molecular flexibility index (Phi) is 4.45. The van der Waals surface area contributed by atoms with E-state index < -0.39 is 0 Å². The number of aromatic nitrogens is 2. The molecule has 94 valence electrons. The molecule has 4 nitrogen and oxygen atoms in total. The SMILES string of the molecule is CCCOCc1ncc2c(n1)CCC(CN)C2. The van der Waals surface area contributed by atoms with E-state index in [1.54, 1.807) is 0 Å². The summed E-state index contributed by atoms with van der Waals surface area (Å²) in [5, 5.41) is 0. The van der Waals surface area contributed by atoms with E-state index in [1.807, 2.05) is 6.20 Å². The zero-order valence-corrected chi connectivity index (χ0v) is 10.5. The highest BCUT2D eigenvalue weighted by Crippen LogP contribution is 2.22. The monoisotopic (exact) mass is 235 g/mol. The van der Waals surface area contributed by atoms with Crippen molar-refractivity contribution < 1.29 is 4.74 Å². The van der Waals surface area contributed by atoms with Gasteiger partial charge in [0, 0.05) is 18.5 Å². The second kappa shape index (κ2) is 6.07. The molecule has 0 fully saturated rings. The van der Waals surface area contributed by atoms with Crippen LogP contribution in [0.4, 0.5) is 0 Å². The summed E-state index contributed by atoms with van der Waals surface area (Å²) in [6.45, 7) is 4.17. The predicted molar refractivity (Wildman–Crippen MR) is 66.5 cm³/mol. The number of nitrogens with zero attached hydrogens (tertiary/aromatic N) is 2. The van der Waals surface area contributed by atoms with Crippen LogP contribution in [-0.2, 0) is 24.2 Å². The minimum absolute atomic E-state index is 0.529. The van der Waals surface area contributed by atoms with Gasteiger partial charge in [-0.15, -0.1) is 0 Å². The molecular formula is C13H21N3O. The molecule has 1 aliphatic carbocycles. The number of nitrogens with two attached hydrogens (primary N) is 1. The molecule has 1 aromatic rings. The van der Waals surface area contributed by atoms with Gasteiger partial charge in [0.1, 0.15) is 6.61 Å². The van der Waals surface area contributed by atoms with Gasteiger partial charge in [-0.2, -0.15) is 0 Å². The summed E-state index contributed by atoms with van der Waals surface area (Å²) < 4.78 is 5.46. The highest BCUT2D eigenvalue weighted by Gasteiger charge is 2.19. The first kappa shape index (κ1) is 12.5. The van der Waals surface area contributed by atoms with Gasteiger partial charge in [0.25, 0.3) is 0 Å². The lowest BCUT2D eigenvalue weighted by Gasteiger charge is -2.22. The summed E-state index contributed by atoms with van der Waals surface area (Å²) in [7, 11) is 0. The third-order valence-corrected chi connectivity index (χ3v) is 3.22. The molecule has 4 heteroatoms. The topological polar surface area (TPSA) is 61.0 Å². The van der Waals surface area contributed by atoms with Crippen molar-refractivity contribution in [2.24, 2.45) is 11.7 Å². The second-order valence-corrected chi connectivity index (χ2v) is 4.66. The highest BCUT2D eigenvalue weighted by molar-refractivity contribution is 5.21. The Morgan fingerprint density at radius 3 is 3.18 bits per heavy atom. The fourth-order valence-corrected chi connectivity index (χ4v) is 2.20. The summed E-state index contributed by atoms with van der Waals surface area (Å²) in [6.07, 6.45) is 6.19. The average molecular weight is 235 g/mol. The van der Waals surface area contributed by atoms with E-state index >= 15 is 0 Å². The maximum absolute atomic E-state index is 5.71. The predicted octanol–water partition coefficient (Wildman–Crippen LogP) is 1.47. The van der Waals surface area contributed by atoms with Crippen molar-refractivity contribution in [3.05, 3.63) is 23.3 Å². The molecule has 0 radical (unpaired) electrons. The van der Waals surface area contributed by atoms with Crippen LogP contribution in [0.5, 0.6) is 0 Å². The first-order valence-corrected chi connectivity index (χ1v) is 6.45. The maximum atomic E-state index is 5.71. The maximum Gasteiger partial charge on any atom is 0.154 e. The van der Waals surface area contributed by atoms with E-state index in [1.165, 1.54) is 11.3 Å². The Morgan fingerprint density at radius 1 is 1.53 bits per heavy atom. The van der Waals surface area contributed by atoms with Crippen LogP contribution in [-0.4, -0.2) is 23.1 Å². The van der Waals surface area contributed by atoms with E-state index in [9.17, 15) is 0 Å². The van der Waals surface area contributed by atoms with Crippen molar-refractivity contribution in [2.45, 2.75) is 39.2 Å². The van der Waals surface area contributed by atoms with E-state index in [2.05, 4.69) is 16.9 Å². The third-order valence-electron chi connectivity index (χ3n) is 3.22. The van der Waals surface area contributed by atoms with Gasteiger partial charge in [-0.25, -0.2) is 9.97 Å². The van der Waals surface area contributed by atoms with E-state index in [4.69, 9.17) is 10.5 Å². The molecule has 0 saturated carbocycles. The number of hydrogen-bond donors (Lipinski definition) is 1. The van der Waals surface area contributed by atoms with E-state index in [-0.39, 0.29) is 0 Å². The van der Waals surface area contributed by atoms with Gasteiger partial charge in [0.2, 0.25) is 0 Å². The molecule has 17 heavy (non-hydrogen) atoms. The molecule has 0 bridgehead atoms. The lowest BCUT2D eigenvalue weighted by Crippen LogP contribution is -2.23. The summed E-state index contributed by atoms with van der Waals surface area (Å²) >= 11 is 0. The lowest BCUT2D eigenvalue weighted by molar-refractivity contribution is 0.115. The fraction of sp³-hybridized carbons (Fsp3) is 0.692. The summed E-state index contributed by atoms with van der Waals surface area (Å²) in [5.41, 5.74) is 8.17. The number of rotatable bonds is 5. The summed E-state index contributed by atoms with van der Waals surface area (Å²) in [5.74, 6) is 1.41. The third kappa shape index (κ3) is 3.23. The molecule has 1 aromatic heterocycles. The molecule has 2 N–H and O–H groups in total. The number of hydrogen-bond acceptors (Lipinski definition) is 4. The standard InChI is InChI=1S/C13H21N3O/c1-2-5-17-9-13-15-8-11-6-10(7-14)3-4-12(11)16-13/h8,10H,2-7,9,14H2,1H3. The van der Waals surface area contributed by atoms with Crippen molar-refractivity contribution in [3.8, 4) is 0 Å². The number of aryl methyl sites for hydroxylation is 1. The molecule has 0 spiro atoms. The molecule has 0 aromatic carbocycles. The van der Waals surface area contributed by atoms with Crippen LogP contribution in [0.15, 0.2) is 6.20 Å². The zero-order valence-electron chi connectivity index (χ0n) is 10.5. The summed E-state index contributed by atoms with van der Waals surface area (Å²) in [6, 6.07) is 0. The van der Waals surface area contributed by atoms with E-state index in [0.29, 0.717) is 12.5 Å². The van der Waals surface area contributed by atoms with Crippen molar-refractivity contribution in [2.75, 3.05) is 13.2 Å². The van der Waals surface area contributed by atoms with Crippen molar-refractivity contribution in [1.82, 2.24) is 9.97 Å². The fourth-order valence-electron chi connectivity index (χ4n) is 2.20. The van der Waals surface area contributed by atoms with Crippen molar-refractivity contribution >= 4 is 0 Å². The van der Waals surface area contributed by atoms with Crippen LogP contribution in [0.3, 0.4) is 0 Å². The molecule has 1 atom stereocenters. The Bertz CT molecular complexity index is 368. The molecule has 0 aliphatic heterocycles. The zero-order chi connectivity index (χ0) is 12.1. The van der Waals surface area contributed by atoms with Gasteiger partial charge >= 0.3 is 0 Å². The van der Waals surface area contributed by atoms with E-state index in [0.717, 1.165) is 44.7 Å². The van der Waals surface area contributed by atoms with Gasteiger partial charge < -0.3 is 10.5 Å². The Morgan fingerprint density at radius 2 is 2.41 bits per heavy atom. The Balaban J connectivity index is 2.00. The second-order valence-electron chi connectivity index (χ2n) is 4.66. The normalized spacial score (nSPS) is 19.1. The molecule has 1 heterocycles. The smallest absolute Gasteiger partial charge is 0.154 e. The van der Waals surface area contributed by atoms with Gasteiger partial charge in [0.15, 0.2) is 5.82 Å². The number of ether oxygens (including phenoxy) is 1. The summed E-state index contributed by atoms with van der Waals surface area (Å²) in [4.78, 5) is 8.93. The van der Waals surface area contributed by atoms with Gasteiger partial charge in [-0.3, -0.25) is 0 Å². The van der Waals surface area contributed by atoms with Crippen molar-refractivity contribution in [1.29, 1.82) is 0 Å². The lowest BCUT2D eigenvalue weighted by atomic mass is 9.87. The van der Waals surface area contributed by atoms with Crippen LogP contribution >= 0.6 is 0 Å². The quantitative estimate of drug-likeness (QED) is 0.785. The first-order valence-electron chi connectivity index (χ1n) is 6.45. The van der Waals surface area contributed by atoms with Crippen molar-refractivity contribution in [3.63, 3.8) is 0 Å². The molecule has 1 aliphatic rings. The van der Waals surface area contributed by atoms with Crippen LogP contribution in [0.25, 0.3) is 0 Å². The van der Waals surface area contributed by atoms with Crippen LogP contribution in [0.1, 0.15) is 36.8 Å². The highest BCUT2D eigenvalue weighted by atomic mass is 16.5. The largest absolute Gasteiger partial charge is 0.373 e. The van der Waals surface area contributed by atoms with Gasteiger partial charge in [0.05, 0.1) is 0 Å². The number of fused-ring (bicyclic) bond motifs is 1. The Labute approximate surface area is 103 Å².